The minimum atomic E-state index is 0.584. The van der Waals surface area contributed by atoms with Crippen LogP contribution in [-0.2, 0) is 7.05 Å². The molecule has 0 saturated heterocycles. The molecule has 3 aromatic heterocycles. The molecule has 6 aromatic rings. The van der Waals surface area contributed by atoms with Crippen molar-refractivity contribution in [3.05, 3.63) is 95.8 Å². The average molecular weight is 441 g/mol. The number of aromatic nitrogens is 2. The summed E-state index contributed by atoms with van der Waals surface area (Å²) >= 11 is 0. The van der Waals surface area contributed by atoms with E-state index in [1.165, 1.54) is 5.56 Å². The normalized spacial score (nSPS) is 11.4. The van der Waals surface area contributed by atoms with E-state index < -0.39 is 0 Å². The Morgan fingerprint density at radius 1 is 0.882 bits per heavy atom. The maximum absolute atomic E-state index is 9.96. The molecule has 0 saturated carbocycles. The predicted octanol–water partition coefficient (Wildman–Crippen LogP) is 6.78. The predicted molar refractivity (Wildman–Crippen MR) is 135 cm³/mol. The van der Waals surface area contributed by atoms with E-state index in [-0.39, 0.29) is 0 Å². The summed E-state index contributed by atoms with van der Waals surface area (Å²) in [6.45, 7) is 4.21. The minimum Gasteiger partial charge on any atom is -0.454 e. The summed E-state index contributed by atoms with van der Waals surface area (Å²) in [7, 11) is 2.05. The van der Waals surface area contributed by atoms with E-state index >= 15 is 0 Å². The summed E-state index contributed by atoms with van der Waals surface area (Å²) < 4.78 is 8.79. The molecule has 3 aromatic carbocycles. The summed E-state index contributed by atoms with van der Waals surface area (Å²) in [6, 6.07) is 24.9. The van der Waals surface area contributed by atoms with Crippen molar-refractivity contribution in [2.45, 2.75) is 13.8 Å². The molecule has 6 rings (SSSR count). The number of benzene rings is 3. The Hall–Kier alpha value is -4.49. The molecule has 0 unspecified atom stereocenters. The van der Waals surface area contributed by atoms with Gasteiger partial charge in [-0.05, 0) is 54.8 Å². The Kier molecular flexibility index (Phi) is 4.46. The number of aryl methyl sites for hydroxylation is 3. The number of hydrogen-bond acceptors (Lipinski definition) is 3. The van der Waals surface area contributed by atoms with E-state index in [4.69, 9.17) is 4.42 Å². The van der Waals surface area contributed by atoms with Gasteiger partial charge in [-0.2, -0.15) is 5.26 Å². The fourth-order valence-electron chi connectivity index (χ4n) is 4.85. The highest BCUT2D eigenvalue weighted by molar-refractivity contribution is 6.14. The van der Waals surface area contributed by atoms with Crippen LogP contribution in [0.5, 0.6) is 0 Å². The smallest absolute Gasteiger partial charge is 0.216 e. The van der Waals surface area contributed by atoms with Gasteiger partial charge in [-0.15, -0.1) is 0 Å². The zero-order chi connectivity index (χ0) is 23.4. The van der Waals surface area contributed by atoms with Gasteiger partial charge < -0.3 is 4.42 Å². The van der Waals surface area contributed by atoms with Crippen molar-refractivity contribution in [3.63, 3.8) is 0 Å². The molecule has 0 aliphatic heterocycles. The highest BCUT2D eigenvalue weighted by atomic mass is 16.3. The Labute approximate surface area is 197 Å². The SMILES string of the molecule is Cc1cc[n+](C)c(-c2c(C)ccc3c2oc2c(-c4ccc5cccnc5c4)c(C#N)ccc23)c1. The van der Waals surface area contributed by atoms with Crippen LogP contribution in [0.3, 0.4) is 0 Å². The van der Waals surface area contributed by atoms with Crippen molar-refractivity contribution in [2.75, 3.05) is 0 Å². The Morgan fingerprint density at radius 2 is 1.68 bits per heavy atom. The van der Waals surface area contributed by atoms with Crippen molar-refractivity contribution in [3.8, 4) is 28.5 Å². The molecule has 0 N–H and O–H groups in total. The van der Waals surface area contributed by atoms with E-state index in [9.17, 15) is 5.26 Å². The van der Waals surface area contributed by atoms with E-state index in [0.29, 0.717) is 5.56 Å². The number of furan rings is 1. The quantitative estimate of drug-likeness (QED) is 0.279. The number of hydrogen-bond donors (Lipinski definition) is 0. The second kappa shape index (κ2) is 7.54. The lowest BCUT2D eigenvalue weighted by Gasteiger charge is -2.07. The topological polar surface area (TPSA) is 53.7 Å². The van der Waals surface area contributed by atoms with E-state index in [0.717, 1.165) is 60.8 Å². The molecule has 4 heteroatoms. The molecule has 0 radical (unpaired) electrons. The summed E-state index contributed by atoms with van der Waals surface area (Å²) in [4.78, 5) is 4.51. The van der Waals surface area contributed by atoms with Crippen LogP contribution in [0.1, 0.15) is 16.7 Å². The molecular formula is C30H22N3O+. The summed E-state index contributed by atoms with van der Waals surface area (Å²) in [6.07, 6.45) is 3.86. The fraction of sp³-hybridized carbons (Fsp3) is 0.100. The highest BCUT2D eigenvalue weighted by Crippen LogP contribution is 2.42. The molecule has 0 fully saturated rings. The Bertz CT molecular complexity index is 1800. The fourth-order valence-corrected chi connectivity index (χ4v) is 4.85. The average Bonchev–Trinajstić information content (AvgIpc) is 3.23. The first kappa shape index (κ1) is 20.1. The van der Waals surface area contributed by atoms with Crippen LogP contribution in [0.15, 0.2) is 83.5 Å². The lowest BCUT2D eigenvalue weighted by atomic mass is 9.95. The molecule has 0 bridgehead atoms. The van der Waals surface area contributed by atoms with Gasteiger partial charge in [-0.25, -0.2) is 4.57 Å². The minimum absolute atomic E-state index is 0.584. The lowest BCUT2D eigenvalue weighted by Crippen LogP contribution is -2.30. The number of fused-ring (bicyclic) bond motifs is 4. The molecule has 162 valence electrons. The van der Waals surface area contributed by atoms with Crippen molar-refractivity contribution in [1.82, 2.24) is 4.98 Å². The van der Waals surface area contributed by atoms with Gasteiger partial charge in [-0.1, -0.05) is 30.3 Å². The summed E-state index contributed by atoms with van der Waals surface area (Å²) in [5.41, 5.74) is 9.28. The van der Waals surface area contributed by atoms with Gasteiger partial charge in [-0.3, -0.25) is 4.98 Å². The van der Waals surface area contributed by atoms with E-state index in [2.05, 4.69) is 67.0 Å². The number of rotatable bonds is 2. The highest BCUT2D eigenvalue weighted by Gasteiger charge is 2.23. The maximum Gasteiger partial charge on any atom is 0.216 e. The first-order chi connectivity index (χ1) is 16.5. The number of nitrogens with zero attached hydrogens (tertiary/aromatic N) is 3. The van der Waals surface area contributed by atoms with Crippen LogP contribution < -0.4 is 4.57 Å². The third-order valence-corrected chi connectivity index (χ3v) is 6.59. The van der Waals surface area contributed by atoms with Crippen LogP contribution >= 0.6 is 0 Å². The number of pyridine rings is 2. The molecule has 0 spiro atoms. The van der Waals surface area contributed by atoms with Crippen LogP contribution in [0.2, 0.25) is 0 Å². The third kappa shape index (κ3) is 2.98. The molecule has 3 heterocycles. The molecule has 34 heavy (non-hydrogen) atoms. The second-order valence-corrected chi connectivity index (χ2v) is 8.82. The first-order valence-electron chi connectivity index (χ1n) is 11.3. The number of nitriles is 1. The van der Waals surface area contributed by atoms with Crippen LogP contribution in [-0.4, -0.2) is 4.98 Å². The molecule has 4 nitrogen and oxygen atoms in total. The van der Waals surface area contributed by atoms with Crippen LogP contribution in [0, 0.1) is 25.2 Å². The van der Waals surface area contributed by atoms with Gasteiger partial charge in [0.25, 0.3) is 0 Å². The van der Waals surface area contributed by atoms with Gasteiger partial charge in [0.15, 0.2) is 6.20 Å². The Balaban J connectivity index is 1.72. The standard InChI is InChI=1S/C30H22N3O/c1-18-12-14-33(3)26(15-18)27-19(2)6-10-23-24-11-9-22(17-31)28(30(24)34-29(23)27)21-8-7-20-5-4-13-32-25(20)16-21/h4-16H,1-3H3/q+1. The van der Waals surface area contributed by atoms with E-state index in [1.807, 2.05) is 42.5 Å². The first-order valence-corrected chi connectivity index (χ1v) is 11.3. The van der Waals surface area contributed by atoms with Crippen molar-refractivity contribution in [2.24, 2.45) is 7.05 Å². The van der Waals surface area contributed by atoms with Gasteiger partial charge in [0, 0.05) is 40.1 Å². The van der Waals surface area contributed by atoms with Crippen molar-refractivity contribution in [1.29, 1.82) is 5.26 Å². The summed E-state index contributed by atoms with van der Waals surface area (Å²) in [5, 5.41) is 13.1. The van der Waals surface area contributed by atoms with Crippen LogP contribution in [0.25, 0.3) is 55.2 Å². The second-order valence-electron chi connectivity index (χ2n) is 8.82. The summed E-state index contributed by atoms with van der Waals surface area (Å²) in [5.74, 6) is 0. The third-order valence-electron chi connectivity index (χ3n) is 6.59. The zero-order valence-corrected chi connectivity index (χ0v) is 19.3. The van der Waals surface area contributed by atoms with Crippen molar-refractivity contribution < 1.29 is 8.98 Å². The largest absolute Gasteiger partial charge is 0.454 e. The van der Waals surface area contributed by atoms with Gasteiger partial charge >= 0.3 is 0 Å². The zero-order valence-electron chi connectivity index (χ0n) is 19.3. The van der Waals surface area contributed by atoms with Gasteiger partial charge in [0.05, 0.1) is 22.7 Å². The molecule has 0 aliphatic carbocycles. The Morgan fingerprint density at radius 3 is 2.50 bits per heavy atom. The molecule has 0 aliphatic rings. The van der Waals surface area contributed by atoms with E-state index in [1.54, 1.807) is 6.20 Å². The molecule has 0 atom stereocenters. The van der Waals surface area contributed by atoms with Crippen LogP contribution in [0.4, 0.5) is 0 Å². The van der Waals surface area contributed by atoms with Gasteiger partial charge in [0.1, 0.15) is 18.2 Å². The maximum atomic E-state index is 9.96. The van der Waals surface area contributed by atoms with Crippen molar-refractivity contribution >= 4 is 32.8 Å². The molecular weight excluding hydrogens is 418 g/mol. The molecule has 0 amide bonds. The lowest BCUT2D eigenvalue weighted by molar-refractivity contribution is -0.660. The van der Waals surface area contributed by atoms with Gasteiger partial charge in [0.2, 0.25) is 5.69 Å². The monoisotopic (exact) mass is 440 g/mol.